The second-order valence-electron chi connectivity index (χ2n) is 6.59. The van der Waals surface area contributed by atoms with Gasteiger partial charge in [0.1, 0.15) is 5.75 Å². The van der Waals surface area contributed by atoms with E-state index in [1.807, 2.05) is 0 Å². The Morgan fingerprint density at radius 2 is 1.85 bits per heavy atom. The molecule has 0 amide bonds. The smallest absolute Gasteiger partial charge is 0.119 e. The molecular weight excluding hydrogens is 246 g/mol. The van der Waals surface area contributed by atoms with Gasteiger partial charge in [-0.05, 0) is 61.3 Å². The maximum Gasteiger partial charge on any atom is 0.119 e. The SMILES string of the molecule is Cc1cc(OCC(C)C)ccc1CCCC(N)C(C)C. The Labute approximate surface area is 124 Å². The average molecular weight is 277 g/mol. The van der Waals surface area contributed by atoms with Crippen molar-refractivity contribution in [3.8, 4) is 5.75 Å². The van der Waals surface area contributed by atoms with Crippen LogP contribution < -0.4 is 10.5 Å². The molecule has 1 aromatic rings. The van der Waals surface area contributed by atoms with E-state index in [-0.39, 0.29) is 0 Å². The minimum absolute atomic E-state index is 0.323. The third-order valence-electron chi connectivity index (χ3n) is 3.74. The van der Waals surface area contributed by atoms with Gasteiger partial charge in [-0.2, -0.15) is 0 Å². The molecule has 1 rings (SSSR count). The molecule has 20 heavy (non-hydrogen) atoms. The van der Waals surface area contributed by atoms with Gasteiger partial charge in [0.25, 0.3) is 0 Å². The predicted molar refractivity (Wildman–Crippen MR) is 87.3 cm³/mol. The van der Waals surface area contributed by atoms with Gasteiger partial charge in [-0.15, -0.1) is 0 Å². The van der Waals surface area contributed by atoms with Crippen molar-refractivity contribution in [2.24, 2.45) is 17.6 Å². The molecule has 0 aromatic heterocycles. The Bertz CT molecular complexity index is 398. The zero-order valence-corrected chi connectivity index (χ0v) is 13.8. The lowest BCUT2D eigenvalue weighted by Crippen LogP contribution is -2.26. The summed E-state index contributed by atoms with van der Waals surface area (Å²) >= 11 is 0. The highest BCUT2D eigenvalue weighted by atomic mass is 16.5. The summed E-state index contributed by atoms with van der Waals surface area (Å²) in [6.45, 7) is 11.7. The largest absolute Gasteiger partial charge is 0.493 e. The number of rotatable bonds is 8. The molecule has 1 atom stereocenters. The summed E-state index contributed by atoms with van der Waals surface area (Å²) in [7, 11) is 0. The highest BCUT2D eigenvalue weighted by Crippen LogP contribution is 2.20. The molecule has 0 aliphatic heterocycles. The van der Waals surface area contributed by atoms with Gasteiger partial charge >= 0.3 is 0 Å². The molecule has 2 heteroatoms. The molecule has 0 bridgehead atoms. The van der Waals surface area contributed by atoms with E-state index in [2.05, 4.69) is 52.8 Å². The Balaban J connectivity index is 2.47. The standard InChI is InChI=1S/C18H31NO/c1-13(2)12-20-17-10-9-16(15(5)11-17)7-6-8-18(19)14(3)4/h9-11,13-14,18H,6-8,12,19H2,1-5H3. The molecule has 114 valence electrons. The molecule has 0 spiro atoms. The zero-order chi connectivity index (χ0) is 15.1. The summed E-state index contributed by atoms with van der Waals surface area (Å²) in [6, 6.07) is 6.77. The second-order valence-corrected chi connectivity index (χ2v) is 6.59. The van der Waals surface area contributed by atoms with Gasteiger partial charge in [0.15, 0.2) is 0 Å². The molecule has 2 N–H and O–H groups in total. The number of benzene rings is 1. The third-order valence-corrected chi connectivity index (χ3v) is 3.74. The quantitative estimate of drug-likeness (QED) is 0.767. The Hall–Kier alpha value is -1.02. The normalized spacial score (nSPS) is 13.0. The van der Waals surface area contributed by atoms with Crippen LogP contribution in [0.4, 0.5) is 0 Å². The van der Waals surface area contributed by atoms with E-state index < -0.39 is 0 Å². The fourth-order valence-electron chi connectivity index (χ4n) is 2.16. The van der Waals surface area contributed by atoms with Gasteiger partial charge in [-0.1, -0.05) is 33.8 Å². The summed E-state index contributed by atoms with van der Waals surface area (Å²) in [6.07, 6.45) is 3.37. The fraction of sp³-hybridized carbons (Fsp3) is 0.667. The van der Waals surface area contributed by atoms with E-state index in [0.717, 1.165) is 31.6 Å². The molecule has 0 fully saturated rings. The number of hydrogen-bond donors (Lipinski definition) is 1. The second kappa shape index (κ2) is 8.31. The van der Waals surface area contributed by atoms with Crippen molar-refractivity contribution in [2.45, 2.75) is 59.9 Å². The molecule has 2 nitrogen and oxygen atoms in total. The number of hydrogen-bond acceptors (Lipinski definition) is 2. The summed E-state index contributed by atoms with van der Waals surface area (Å²) in [5, 5.41) is 0. The maximum atomic E-state index is 6.09. The first-order valence-corrected chi connectivity index (χ1v) is 7.88. The van der Waals surface area contributed by atoms with Crippen LogP contribution >= 0.6 is 0 Å². The number of ether oxygens (including phenoxy) is 1. The monoisotopic (exact) mass is 277 g/mol. The maximum absolute atomic E-state index is 6.09. The van der Waals surface area contributed by atoms with Crippen LogP contribution in [-0.4, -0.2) is 12.6 Å². The van der Waals surface area contributed by atoms with Crippen molar-refractivity contribution in [1.82, 2.24) is 0 Å². The Kier molecular flexibility index (Phi) is 7.08. The van der Waals surface area contributed by atoms with E-state index in [9.17, 15) is 0 Å². The summed E-state index contributed by atoms with van der Waals surface area (Å²) in [5.41, 5.74) is 8.83. The van der Waals surface area contributed by atoms with Crippen LogP contribution in [0.3, 0.4) is 0 Å². The molecule has 0 aliphatic carbocycles. The van der Waals surface area contributed by atoms with E-state index in [1.54, 1.807) is 0 Å². The van der Waals surface area contributed by atoms with Crippen LogP contribution in [0.1, 0.15) is 51.7 Å². The Morgan fingerprint density at radius 3 is 2.40 bits per heavy atom. The van der Waals surface area contributed by atoms with E-state index in [1.165, 1.54) is 11.1 Å². The van der Waals surface area contributed by atoms with Crippen molar-refractivity contribution in [3.63, 3.8) is 0 Å². The first-order chi connectivity index (χ1) is 9.40. The third kappa shape index (κ3) is 5.96. The Morgan fingerprint density at radius 1 is 1.15 bits per heavy atom. The predicted octanol–water partition coefficient (Wildman–Crippen LogP) is 4.34. The summed E-state index contributed by atoms with van der Waals surface area (Å²) < 4.78 is 5.76. The van der Waals surface area contributed by atoms with E-state index in [4.69, 9.17) is 10.5 Å². The van der Waals surface area contributed by atoms with Crippen LogP contribution in [0.2, 0.25) is 0 Å². The van der Waals surface area contributed by atoms with Gasteiger partial charge < -0.3 is 10.5 Å². The minimum atomic E-state index is 0.323. The van der Waals surface area contributed by atoms with Crippen molar-refractivity contribution in [1.29, 1.82) is 0 Å². The van der Waals surface area contributed by atoms with Crippen molar-refractivity contribution in [2.75, 3.05) is 6.61 Å². The van der Waals surface area contributed by atoms with Crippen molar-refractivity contribution >= 4 is 0 Å². The molecule has 0 radical (unpaired) electrons. The molecule has 0 saturated heterocycles. The molecule has 0 aliphatic rings. The first-order valence-electron chi connectivity index (χ1n) is 7.88. The van der Waals surface area contributed by atoms with Crippen LogP contribution in [0.25, 0.3) is 0 Å². The minimum Gasteiger partial charge on any atom is -0.493 e. The molecule has 1 unspecified atom stereocenters. The zero-order valence-electron chi connectivity index (χ0n) is 13.8. The van der Waals surface area contributed by atoms with Crippen LogP contribution in [0.5, 0.6) is 5.75 Å². The highest BCUT2D eigenvalue weighted by Gasteiger charge is 2.08. The summed E-state index contributed by atoms with van der Waals surface area (Å²) in [4.78, 5) is 0. The molecule has 1 aromatic carbocycles. The van der Waals surface area contributed by atoms with Gasteiger partial charge in [0.05, 0.1) is 6.61 Å². The number of aryl methyl sites for hydroxylation is 2. The van der Waals surface area contributed by atoms with E-state index in [0.29, 0.717) is 17.9 Å². The average Bonchev–Trinajstić information content (AvgIpc) is 2.38. The van der Waals surface area contributed by atoms with Gasteiger partial charge in [-0.25, -0.2) is 0 Å². The van der Waals surface area contributed by atoms with Crippen LogP contribution in [0, 0.1) is 18.8 Å². The van der Waals surface area contributed by atoms with Gasteiger partial charge in [0.2, 0.25) is 0 Å². The van der Waals surface area contributed by atoms with Crippen molar-refractivity contribution in [3.05, 3.63) is 29.3 Å². The molecular formula is C18H31NO. The first kappa shape index (κ1) is 17.0. The fourth-order valence-corrected chi connectivity index (χ4v) is 2.16. The summed E-state index contributed by atoms with van der Waals surface area (Å²) in [5.74, 6) is 2.12. The van der Waals surface area contributed by atoms with Crippen LogP contribution in [0.15, 0.2) is 18.2 Å². The highest BCUT2D eigenvalue weighted by molar-refractivity contribution is 5.34. The van der Waals surface area contributed by atoms with Crippen LogP contribution in [-0.2, 0) is 6.42 Å². The molecule has 0 saturated carbocycles. The van der Waals surface area contributed by atoms with Crippen molar-refractivity contribution < 1.29 is 4.74 Å². The van der Waals surface area contributed by atoms with Gasteiger partial charge in [-0.3, -0.25) is 0 Å². The topological polar surface area (TPSA) is 35.2 Å². The lowest BCUT2D eigenvalue weighted by molar-refractivity contribution is 0.271. The lowest BCUT2D eigenvalue weighted by Gasteiger charge is -2.16. The van der Waals surface area contributed by atoms with E-state index >= 15 is 0 Å². The lowest BCUT2D eigenvalue weighted by atomic mass is 9.96. The molecule has 0 heterocycles. The van der Waals surface area contributed by atoms with Gasteiger partial charge in [0, 0.05) is 6.04 Å². The number of nitrogens with two attached hydrogens (primary N) is 1.